The Hall–Kier alpha value is -1.87. The summed E-state index contributed by atoms with van der Waals surface area (Å²) in [6.07, 6.45) is 5.01. The van der Waals surface area contributed by atoms with Crippen molar-refractivity contribution in [2.45, 2.75) is 55.7 Å². The van der Waals surface area contributed by atoms with Gasteiger partial charge in [-0.05, 0) is 37.8 Å². The Morgan fingerprint density at radius 1 is 1.17 bits per heavy atom. The predicted octanol–water partition coefficient (Wildman–Crippen LogP) is 1.19. The first kappa shape index (κ1) is 17.0. The number of aromatic carboxylic acids is 1. The number of nitrogens with zero attached hydrogens (tertiary/aromatic N) is 1. The normalized spacial score (nSPS) is 22.8. The van der Waals surface area contributed by atoms with Crippen molar-refractivity contribution in [2.75, 3.05) is 6.54 Å². The number of carbonyl (C=O) groups excluding carboxylic acids is 1. The van der Waals surface area contributed by atoms with Gasteiger partial charge in [0.1, 0.15) is 6.04 Å². The highest BCUT2D eigenvalue weighted by Gasteiger charge is 2.41. The van der Waals surface area contributed by atoms with Crippen LogP contribution in [0.5, 0.6) is 0 Å². The summed E-state index contributed by atoms with van der Waals surface area (Å²) in [5.41, 5.74) is 0. The SMILES string of the molecule is O=C(O)c1ccc(S(=O)(=O)N2CCCC2C(=O)NC2CCCC2)o1. The van der Waals surface area contributed by atoms with Crippen molar-refractivity contribution in [3.05, 3.63) is 17.9 Å². The van der Waals surface area contributed by atoms with E-state index in [0.29, 0.717) is 12.8 Å². The molecule has 1 aliphatic heterocycles. The molecule has 1 unspecified atom stereocenters. The zero-order valence-electron chi connectivity index (χ0n) is 13.1. The van der Waals surface area contributed by atoms with Crippen LogP contribution >= 0.6 is 0 Å². The molecule has 0 spiro atoms. The molecular weight excluding hydrogens is 336 g/mol. The van der Waals surface area contributed by atoms with E-state index in [2.05, 4.69) is 5.32 Å². The van der Waals surface area contributed by atoms with Crippen LogP contribution in [0.25, 0.3) is 0 Å². The summed E-state index contributed by atoms with van der Waals surface area (Å²) < 4.78 is 31.4. The molecule has 2 aliphatic rings. The maximum absolute atomic E-state index is 12.7. The van der Waals surface area contributed by atoms with Gasteiger partial charge in [-0.15, -0.1) is 0 Å². The lowest BCUT2D eigenvalue weighted by molar-refractivity contribution is -0.124. The van der Waals surface area contributed by atoms with Gasteiger partial charge in [0.05, 0.1) is 0 Å². The van der Waals surface area contributed by atoms with Crippen LogP contribution in [0, 0.1) is 0 Å². The number of nitrogens with one attached hydrogen (secondary N) is 1. The molecule has 1 atom stereocenters. The van der Waals surface area contributed by atoms with E-state index in [0.717, 1.165) is 42.1 Å². The smallest absolute Gasteiger partial charge is 0.371 e. The standard InChI is InChI=1S/C15H20N2O6S/c18-14(16-10-4-1-2-5-10)11-6-3-9-17(11)24(21,22)13-8-7-12(23-13)15(19)20/h7-8,10-11H,1-6,9H2,(H,16,18)(H,19,20). The van der Waals surface area contributed by atoms with E-state index in [1.54, 1.807) is 0 Å². The van der Waals surface area contributed by atoms with Gasteiger partial charge in [-0.2, -0.15) is 4.31 Å². The van der Waals surface area contributed by atoms with Crippen molar-refractivity contribution in [3.8, 4) is 0 Å². The average Bonchev–Trinajstić information content (AvgIpc) is 3.27. The average molecular weight is 356 g/mol. The molecule has 3 rings (SSSR count). The van der Waals surface area contributed by atoms with Crippen molar-refractivity contribution in [1.82, 2.24) is 9.62 Å². The number of carboxylic acids is 1. The third-order valence-corrected chi connectivity index (χ3v) is 6.35. The molecule has 2 N–H and O–H groups in total. The highest BCUT2D eigenvalue weighted by Crippen LogP contribution is 2.28. The molecule has 1 aliphatic carbocycles. The molecule has 9 heteroatoms. The minimum atomic E-state index is -4.04. The van der Waals surface area contributed by atoms with Gasteiger partial charge in [0.2, 0.25) is 16.8 Å². The summed E-state index contributed by atoms with van der Waals surface area (Å²) in [7, 11) is -4.04. The number of sulfonamides is 1. The fourth-order valence-electron chi connectivity index (χ4n) is 3.35. The van der Waals surface area contributed by atoms with Gasteiger partial charge in [0.25, 0.3) is 10.0 Å². The van der Waals surface area contributed by atoms with Crippen molar-refractivity contribution in [2.24, 2.45) is 0 Å². The minimum Gasteiger partial charge on any atom is -0.475 e. The lowest BCUT2D eigenvalue weighted by Gasteiger charge is -2.23. The van der Waals surface area contributed by atoms with Crippen molar-refractivity contribution in [3.63, 3.8) is 0 Å². The summed E-state index contributed by atoms with van der Waals surface area (Å²) in [6.45, 7) is 0.216. The van der Waals surface area contributed by atoms with E-state index in [4.69, 9.17) is 9.52 Å². The number of furan rings is 1. The molecule has 0 radical (unpaired) electrons. The number of hydrogen-bond donors (Lipinski definition) is 2. The van der Waals surface area contributed by atoms with Crippen LogP contribution in [-0.2, 0) is 14.8 Å². The van der Waals surface area contributed by atoms with E-state index in [1.165, 1.54) is 0 Å². The fourth-order valence-corrected chi connectivity index (χ4v) is 4.92. The van der Waals surface area contributed by atoms with E-state index in [1.807, 2.05) is 0 Å². The Bertz CT molecular complexity index is 735. The fraction of sp³-hybridized carbons (Fsp3) is 0.600. The monoisotopic (exact) mass is 356 g/mol. The zero-order chi connectivity index (χ0) is 17.3. The molecule has 1 amide bonds. The molecule has 2 heterocycles. The summed E-state index contributed by atoms with van der Waals surface area (Å²) in [4.78, 5) is 23.3. The quantitative estimate of drug-likeness (QED) is 0.818. The Morgan fingerprint density at radius 2 is 1.88 bits per heavy atom. The van der Waals surface area contributed by atoms with Gasteiger partial charge >= 0.3 is 5.97 Å². The third kappa shape index (κ3) is 3.18. The minimum absolute atomic E-state index is 0.116. The molecule has 0 bridgehead atoms. The molecule has 2 fully saturated rings. The van der Waals surface area contributed by atoms with Crippen LogP contribution in [0.1, 0.15) is 49.1 Å². The maximum Gasteiger partial charge on any atom is 0.371 e. The molecule has 132 valence electrons. The summed E-state index contributed by atoms with van der Waals surface area (Å²) in [5, 5.41) is 11.3. The van der Waals surface area contributed by atoms with E-state index in [-0.39, 0.29) is 18.5 Å². The van der Waals surface area contributed by atoms with Crippen LogP contribution in [0.3, 0.4) is 0 Å². The molecule has 1 aromatic heterocycles. The van der Waals surface area contributed by atoms with Gasteiger partial charge < -0.3 is 14.8 Å². The van der Waals surface area contributed by atoms with Crippen molar-refractivity contribution in [1.29, 1.82) is 0 Å². The molecule has 24 heavy (non-hydrogen) atoms. The second-order valence-electron chi connectivity index (χ2n) is 6.19. The Balaban J connectivity index is 1.77. The third-order valence-electron chi connectivity index (χ3n) is 4.56. The second-order valence-corrected chi connectivity index (χ2v) is 8.01. The van der Waals surface area contributed by atoms with Gasteiger partial charge in [0, 0.05) is 12.6 Å². The number of carbonyl (C=O) groups is 2. The Kier molecular flexibility index (Phi) is 4.64. The van der Waals surface area contributed by atoms with Crippen LogP contribution in [-0.4, -0.2) is 48.3 Å². The lowest BCUT2D eigenvalue weighted by Crippen LogP contribution is -2.48. The molecular formula is C15H20N2O6S. The van der Waals surface area contributed by atoms with E-state index in [9.17, 15) is 18.0 Å². The van der Waals surface area contributed by atoms with Crippen LogP contribution < -0.4 is 5.32 Å². The van der Waals surface area contributed by atoms with E-state index < -0.39 is 32.9 Å². The Morgan fingerprint density at radius 3 is 2.50 bits per heavy atom. The molecule has 1 saturated heterocycles. The van der Waals surface area contributed by atoms with Crippen molar-refractivity contribution < 1.29 is 27.5 Å². The van der Waals surface area contributed by atoms with E-state index >= 15 is 0 Å². The summed E-state index contributed by atoms with van der Waals surface area (Å²) in [5.74, 6) is -2.07. The number of hydrogen-bond acceptors (Lipinski definition) is 5. The lowest BCUT2D eigenvalue weighted by atomic mass is 10.2. The molecule has 0 aromatic carbocycles. The van der Waals surface area contributed by atoms with Crippen LogP contribution in [0.2, 0.25) is 0 Å². The van der Waals surface area contributed by atoms with Gasteiger partial charge in [-0.3, -0.25) is 4.79 Å². The van der Waals surface area contributed by atoms with Crippen LogP contribution in [0.4, 0.5) is 0 Å². The van der Waals surface area contributed by atoms with Gasteiger partial charge in [-0.1, -0.05) is 12.8 Å². The molecule has 1 saturated carbocycles. The Labute approximate surface area is 139 Å². The first-order chi connectivity index (χ1) is 11.4. The van der Waals surface area contributed by atoms with Crippen molar-refractivity contribution >= 4 is 21.9 Å². The molecule has 1 aromatic rings. The van der Waals surface area contributed by atoms with Gasteiger partial charge in [0.15, 0.2) is 0 Å². The highest BCUT2D eigenvalue weighted by atomic mass is 32.2. The molecule has 8 nitrogen and oxygen atoms in total. The summed E-state index contributed by atoms with van der Waals surface area (Å²) >= 11 is 0. The topological polar surface area (TPSA) is 117 Å². The number of rotatable bonds is 5. The highest BCUT2D eigenvalue weighted by molar-refractivity contribution is 7.89. The van der Waals surface area contributed by atoms with Crippen LogP contribution in [0.15, 0.2) is 21.6 Å². The van der Waals surface area contributed by atoms with Gasteiger partial charge in [-0.25, -0.2) is 13.2 Å². The largest absolute Gasteiger partial charge is 0.475 e. The summed E-state index contributed by atoms with van der Waals surface area (Å²) in [6, 6.07) is 1.56. The maximum atomic E-state index is 12.7. The first-order valence-electron chi connectivity index (χ1n) is 8.05. The number of carboxylic acid groups (broad SMARTS) is 1. The number of amides is 1. The zero-order valence-corrected chi connectivity index (χ0v) is 13.9. The first-order valence-corrected chi connectivity index (χ1v) is 9.49. The predicted molar refractivity (Wildman–Crippen MR) is 83.0 cm³/mol. The second kappa shape index (κ2) is 6.56.